The number of nitrogens with one attached hydrogen (secondary N) is 2. The van der Waals surface area contributed by atoms with Crippen LogP contribution in [-0.4, -0.2) is 50.6 Å². The number of esters is 2. The summed E-state index contributed by atoms with van der Waals surface area (Å²) < 4.78 is 9.23. The maximum Gasteiger partial charge on any atom is 0.330 e. The highest BCUT2D eigenvalue weighted by Gasteiger charge is 2.20. The van der Waals surface area contributed by atoms with Crippen molar-refractivity contribution in [2.45, 2.75) is 83.6 Å². The maximum absolute atomic E-state index is 12.3. The molecule has 0 radical (unpaired) electrons. The Morgan fingerprint density at radius 2 is 1.19 bits per heavy atom. The molecule has 1 unspecified atom stereocenters. The molecule has 0 fully saturated rings. The Kier molecular flexibility index (Phi) is 25.9. The summed E-state index contributed by atoms with van der Waals surface area (Å²) >= 11 is 0. The number of methoxy groups -OCH3 is 2. The summed E-state index contributed by atoms with van der Waals surface area (Å²) in [5.74, 6) is -1.73. The van der Waals surface area contributed by atoms with Gasteiger partial charge in [0.2, 0.25) is 11.8 Å². The van der Waals surface area contributed by atoms with Crippen LogP contribution >= 0.6 is 0 Å². The Morgan fingerprint density at radius 1 is 0.667 bits per heavy atom. The van der Waals surface area contributed by atoms with Crippen LogP contribution in [0.4, 0.5) is 0 Å². The molecule has 8 heteroatoms. The van der Waals surface area contributed by atoms with E-state index in [1.165, 1.54) is 14.2 Å². The van der Waals surface area contributed by atoms with E-state index in [9.17, 15) is 19.2 Å². The van der Waals surface area contributed by atoms with Crippen molar-refractivity contribution in [3.05, 3.63) is 85.1 Å². The first-order chi connectivity index (χ1) is 20.4. The average molecular weight is 583 g/mol. The molecule has 0 aliphatic heterocycles. The Balaban J connectivity index is 4.06. The smallest absolute Gasteiger partial charge is 0.330 e. The molecule has 42 heavy (non-hydrogen) atoms. The van der Waals surface area contributed by atoms with E-state index in [-0.39, 0.29) is 12.3 Å². The van der Waals surface area contributed by atoms with Crippen molar-refractivity contribution in [2.75, 3.05) is 20.8 Å². The summed E-state index contributed by atoms with van der Waals surface area (Å²) in [7, 11) is 2.51. The summed E-state index contributed by atoms with van der Waals surface area (Å²) in [5, 5.41) is 5.37. The second-order valence-electron chi connectivity index (χ2n) is 9.24. The van der Waals surface area contributed by atoms with Crippen molar-refractivity contribution >= 4 is 23.8 Å². The van der Waals surface area contributed by atoms with Gasteiger partial charge in [0.1, 0.15) is 6.04 Å². The van der Waals surface area contributed by atoms with E-state index >= 15 is 0 Å². The highest BCUT2D eigenvalue weighted by molar-refractivity contribution is 5.94. The minimum absolute atomic E-state index is 0.217. The average Bonchev–Trinajstić information content (AvgIpc) is 2.99. The number of allylic oxidation sites excluding steroid dienone is 12. The summed E-state index contributed by atoms with van der Waals surface area (Å²) in [4.78, 5) is 47.0. The number of hydrogen-bond donors (Lipinski definition) is 2. The summed E-state index contributed by atoms with van der Waals surface area (Å²) in [6, 6.07) is -0.734. The van der Waals surface area contributed by atoms with E-state index in [0.29, 0.717) is 32.2 Å². The van der Waals surface area contributed by atoms with E-state index in [2.05, 4.69) is 83.1 Å². The second kappa shape index (κ2) is 28.6. The molecule has 0 aromatic heterocycles. The van der Waals surface area contributed by atoms with Gasteiger partial charge in [-0.25, -0.2) is 9.59 Å². The Morgan fingerprint density at radius 3 is 1.69 bits per heavy atom. The number of unbranched alkanes of at least 4 members (excludes halogenated alkanes) is 1. The van der Waals surface area contributed by atoms with Crippen LogP contribution in [0.1, 0.15) is 77.6 Å². The van der Waals surface area contributed by atoms with Crippen LogP contribution in [0, 0.1) is 0 Å². The summed E-state index contributed by atoms with van der Waals surface area (Å²) in [5.41, 5.74) is 0. The van der Waals surface area contributed by atoms with Gasteiger partial charge >= 0.3 is 11.9 Å². The third-order valence-electron chi connectivity index (χ3n) is 5.75. The molecule has 1 atom stereocenters. The van der Waals surface area contributed by atoms with E-state index in [1.807, 2.05) is 12.2 Å². The molecule has 0 aliphatic carbocycles. The molecular weight excluding hydrogens is 532 g/mol. The predicted octanol–water partition coefficient (Wildman–Crippen LogP) is 6.14. The van der Waals surface area contributed by atoms with Crippen LogP contribution in [0.2, 0.25) is 0 Å². The highest BCUT2D eigenvalue weighted by Crippen LogP contribution is 2.05. The predicted molar refractivity (Wildman–Crippen MR) is 169 cm³/mol. The monoisotopic (exact) mass is 582 g/mol. The number of amides is 2. The number of ether oxygens (including phenoxy) is 2. The molecular formula is C34H50N2O6. The zero-order valence-corrected chi connectivity index (χ0v) is 25.6. The molecule has 0 saturated carbocycles. The number of carbonyl (C=O) groups excluding carboxylic acids is 4. The molecule has 0 aromatic rings. The molecule has 0 aliphatic rings. The number of rotatable bonds is 23. The fraction of sp³-hybridized carbons (Fsp3) is 0.471. The van der Waals surface area contributed by atoms with Gasteiger partial charge in [0.25, 0.3) is 0 Å². The topological polar surface area (TPSA) is 111 Å². The van der Waals surface area contributed by atoms with Crippen LogP contribution in [0.5, 0.6) is 0 Å². The van der Waals surface area contributed by atoms with Crippen molar-refractivity contribution in [1.29, 1.82) is 0 Å². The zero-order chi connectivity index (χ0) is 31.1. The molecule has 232 valence electrons. The minimum Gasteiger partial charge on any atom is -0.467 e. The molecule has 2 amide bonds. The summed E-state index contributed by atoms with van der Waals surface area (Å²) in [6.07, 6.45) is 35.9. The van der Waals surface area contributed by atoms with Crippen molar-refractivity contribution in [1.82, 2.24) is 10.6 Å². The van der Waals surface area contributed by atoms with Gasteiger partial charge in [-0.15, -0.1) is 0 Å². The van der Waals surface area contributed by atoms with Crippen molar-refractivity contribution in [3.8, 4) is 0 Å². The van der Waals surface area contributed by atoms with Gasteiger partial charge in [-0.1, -0.05) is 79.8 Å². The third-order valence-corrected chi connectivity index (χ3v) is 5.75. The first-order valence-corrected chi connectivity index (χ1v) is 14.8. The normalized spacial score (nSPS) is 12.9. The minimum atomic E-state index is -0.734. The second-order valence-corrected chi connectivity index (χ2v) is 9.24. The van der Waals surface area contributed by atoms with E-state index in [4.69, 9.17) is 4.74 Å². The van der Waals surface area contributed by atoms with Crippen LogP contribution in [0.3, 0.4) is 0 Å². The molecule has 0 spiro atoms. The van der Waals surface area contributed by atoms with Gasteiger partial charge in [0.15, 0.2) is 0 Å². The molecule has 0 saturated heterocycles. The van der Waals surface area contributed by atoms with E-state index in [0.717, 1.165) is 50.7 Å². The largest absolute Gasteiger partial charge is 0.467 e. The van der Waals surface area contributed by atoms with Gasteiger partial charge in [0, 0.05) is 25.1 Å². The van der Waals surface area contributed by atoms with Crippen LogP contribution in [0.25, 0.3) is 0 Å². The Labute approximate surface area is 252 Å². The molecule has 0 rings (SSSR count). The molecule has 2 N–H and O–H groups in total. The highest BCUT2D eigenvalue weighted by atomic mass is 16.5. The fourth-order valence-electron chi connectivity index (χ4n) is 3.47. The maximum atomic E-state index is 12.3. The van der Waals surface area contributed by atoms with E-state index < -0.39 is 23.9 Å². The zero-order valence-electron chi connectivity index (χ0n) is 25.6. The Hall–Kier alpha value is -3.94. The first-order valence-electron chi connectivity index (χ1n) is 14.8. The number of carbonyl (C=O) groups is 4. The van der Waals surface area contributed by atoms with Crippen LogP contribution in [0.15, 0.2) is 85.1 Å². The van der Waals surface area contributed by atoms with Crippen molar-refractivity contribution in [3.63, 3.8) is 0 Å². The molecule has 0 aromatic carbocycles. The molecule has 0 heterocycles. The van der Waals surface area contributed by atoms with Crippen LogP contribution in [-0.2, 0) is 28.7 Å². The summed E-state index contributed by atoms with van der Waals surface area (Å²) in [6.45, 7) is 2.51. The lowest BCUT2D eigenvalue weighted by molar-refractivity contribution is -0.145. The molecule has 0 bridgehead atoms. The lowest BCUT2D eigenvalue weighted by Gasteiger charge is -2.16. The van der Waals surface area contributed by atoms with Gasteiger partial charge < -0.3 is 20.1 Å². The third kappa shape index (κ3) is 25.1. The standard InChI is InChI=1S/C34H50N2O6/c1-4-5-6-7-8-9-10-11-12-13-14-15-16-17-18-19-20-21-22-26-32(38)36-30(34(40)42-3)25-23-24-29-35-31(37)27-28-33(39)41-2/h5-6,8-9,11-12,14-15,17-18,20-21,27-28,30H,4,7,10,13,16,19,22-26,29H2,1-3H3,(H,35,37)(H,36,38). The lowest BCUT2D eigenvalue weighted by Crippen LogP contribution is -2.41. The van der Waals surface area contributed by atoms with Crippen molar-refractivity contribution < 1.29 is 28.7 Å². The quantitative estimate of drug-likeness (QED) is 0.0648. The van der Waals surface area contributed by atoms with Gasteiger partial charge in [-0.05, 0) is 64.2 Å². The fourth-order valence-corrected chi connectivity index (χ4v) is 3.47. The van der Waals surface area contributed by atoms with E-state index in [1.54, 1.807) is 0 Å². The number of hydrogen-bond acceptors (Lipinski definition) is 6. The van der Waals surface area contributed by atoms with Gasteiger partial charge in [-0.2, -0.15) is 0 Å². The van der Waals surface area contributed by atoms with Crippen molar-refractivity contribution in [2.24, 2.45) is 0 Å². The molecule has 8 nitrogen and oxygen atoms in total. The van der Waals surface area contributed by atoms with Gasteiger partial charge in [-0.3, -0.25) is 9.59 Å². The van der Waals surface area contributed by atoms with Crippen LogP contribution < -0.4 is 10.6 Å². The first kappa shape index (κ1) is 38.1. The SMILES string of the molecule is CCC=CCC=CCC=CCC=CCC=CCC=CCCC(=O)NC(CCCCNC(=O)C=CC(=O)OC)C(=O)OC. The lowest BCUT2D eigenvalue weighted by atomic mass is 10.1. The van der Waals surface area contributed by atoms with Gasteiger partial charge in [0.05, 0.1) is 14.2 Å². The Bertz CT molecular complexity index is 973.